The SMILES string of the molecule is CCCCCCCOc1ccc(CCC(C=CC(=O)OCC)(COCOC)NC(=O)OC(C)(C)C)cc1C(F)(F)F. The van der Waals surface area contributed by atoms with Crippen LogP contribution in [0.15, 0.2) is 30.4 Å². The van der Waals surface area contributed by atoms with Crippen molar-refractivity contribution in [1.29, 1.82) is 0 Å². The minimum Gasteiger partial charge on any atom is -0.493 e. The van der Waals surface area contributed by atoms with Crippen LogP contribution < -0.4 is 10.1 Å². The highest BCUT2D eigenvalue weighted by molar-refractivity contribution is 5.82. The molecule has 1 amide bonds. The Bertz CT molecular complexity index is 960. The third-order valence-electron chi connectivity index (χ3n) is 5.85. The van der Waals surface area contributed by atoms with Gasteiger partial charge >= 0.3 is 18.2 Å². The second-order valence-electron chi connectivity index (χ2n) is 10.7. The van der Waals surface area contributed by atoms with E-state index in [-0.39, 0.29) is 45.2 Å². The maximum absolute atomic E-state index is 13.9. The summed E-state index contributed by atoms with van der Waals surface area (Å²) in [6, 6.07) is 3.93. The van der Waals surface area contributed by atoms with E-state index in [1.54, 1.807) is 33.8 Å². The standard InChI is InChI=1S/C30H46F3NO7/c1-7-9-10-11-12-19-40-25-14-13-23(20-24(25)30(31,32)33)15-17-29(21-38-22-37-6,18-16-26(35)39-8-2)34-27(36)41-28(3,4)5/h13-14,16,18,20H,7-12,15,17,19,21-22H2,1-6H3,(H,34,36). The molecule has 0 spiro atoms. The van der Waals surface area contributed by atoms with Gasteiger partial charge in [0.2, 0.25) is 0 Å². The Morgan fingerprint density at radius 1 is 1.02 bits per heavy atom. The average molecular weight is 590 g/mol. The molecule has 0 aliphatic rings. The molecule has 0 aliphatic heterocycles. The number of alkyl halides is 3. The van der Waals surface area contributed by atoms with E-state index in [0.717, 1.165) is 37.8 Å². The van der Waals surface area contributed by atoms with E-state index in [0.29, 0.717) is 12.0 Å². The van der Waals surface area contributed by atoms with E-state index in [4.69, 9.17) is 23.7 Å². The van der Waals surface area contributed by atoms with Crippen molar-refractivity contribution in [1.82, 2.24) is 5.32 Å². The van der Waals surface area contributed by atoms with Gasteiger partial charge in [0.25, 0.3) is 0 Å². The van der Waals surface area contributed by atoms with E-state index >= 15 is 0 Å². The number of methoxy groups -OCH3 is 1. The molecule has 0 aliphatic carbocycles. The highest BCUT2D eigenvalue weighted by atomic mass is 19.4. The van der Waals surface area contributed by atoms with Gasteiger partial charge in [-0.05, 0) is 70.7 Å². The second kappa shape index (κ2) is 17.9. The Kier molecular flexibility index (Phi) is 15.8. The lowest BCUT2D eigenvalue weighted by Crippen LogP contribution is -2.52. The van der Waals surface area contributed by atoms with Crippen molar-refractivity contribution >= 4 is 12.1 Å². The zero-order valence-corrected chi connectivity index (χ0v) is 25.2. The normalized spacial score (nSPS) is 13.6. The van der Waals surface area contributed by atoms with Gasteiger partial charge in [-0.3, -0.25) is 0 Å². The highest BCUT2D eigenvalue weighted by Gasteiger charge is 2.36. The van der Waals surface area contributed by atoms with Gasteiger partial charge in [0.05, 0.1) is 30.9 Å². The van der Waals surface area contributed by atoms with E-state index in [2.05, 4.69) is 12.2 Å². The number of nitrogens with one attached hydrogen (secondary N) is 1. The number of halogens is 3. The molecule has 41 heavy (non-hydrogen) atoms. The van der Waals surface area contributed by atoms with Gasteiger partial charge in [-0.1, -0.05) is 38.7 Å². The van der Waals surface area contributed by atoms with Crippen LogP contribution in [0, 0.1) is 0 Å². The largest absolute Gasteiger partial charge is 0.493 e. The molecule has 1 aromatic rings. The van der Waals surface area contributed by atoms with Crippen molar-refractivity contribution in [2.45, 2.75) is 96.9 Å². The number of hydrogen-bond acceptors (Lipinski definition) is 7. The number of esters is 1. The van der Waals surface area contributed by atoms with Crippen molar-refractivity contribution in [3.8, 4) is 5.75 Å². The third kappa shape index (κ3) is 15.1. The zero-order chi connectivity index (χ0) is 30.9. The number of ether oxygens (including phenoxy) is 5. The number of carbonyl (C=O) groups excluding carboxylic acids is 2. The molecule has 0 radical (unpaired) electrons. The Morgan fingerprint density at radius 3 is 2.34 bits per heavy atom. The second-order valence-corrected chi connectivity index (χ2v) is 10.7. The van der Waals surface area contributed by atoms with Gasteiger partial charge in [-0.25, -0.2) is 9.59 Å². The Morgan fingerprint density at radius 2 is 1.73 bits per heavy atom. The van der Waals surface area contributed by atoms with E-state index in [1.165, 1.54) is 19.3 Å². The van der Waals surface area contributed by atoms with Gasteiger partial charge in [0.1, 0.15) is 18.1 Å². The number of hydrogen-bond donors (Lipinski definition) is 1. The summed E-state index contributed by atoms with van der Waals surface area (Å²) in [7, 11) is 1.42. The van der Waals surface area contributed by atoms with Crippen LogP contribution in [0.5, 0.6) is 5.75 Å². The van der Waals surface area contributed by atoms with E-state index in [9.17, 15) is 22.8 Å². The van der Waals surface area contributed by atoms with Crippen molar-refractivity contribution in [3.63, 3.8) is 0 Å². The minimum absolute atomic E-state index is 0.0702. The molecule has 234 valence electrons. The molecule has 11 heteroatoms. The molecule has 1 unspecified atom stereocenters. The topological polar surface area (TPSA) is 92.3 Å². The first-order valence-corrected chi connectivity index (χ1v) is 14.0. The summed E-state index contributed by atoms with van der Waals surface area (Å²) in [5.74, 6) is -0.870. The molecule has 0 aromatic heterocycles. The summed E-state index contributed by atoms with van der Waals surface area (Å²) in [5, 5.41) is 2.74. The van der Waals surface area contributed by atoms with Crippen LogP contribution in [-0.2, 0) is 36.3 Å². The van der Waals surface area contributed by atoms with Crippen molar-refractivity contribution in [3.05, 3.63) is 41.5 Å². The molecular weight excluding hydrogens is 543 g/mol. The summed E-state index contributed by atoms with van der Waals surface area (Å²) >= 11 is 0. The fraction of sp³-hybridized carbons (Fsp3) is 0.667. The van der Waals surface area contributed by atoms with Crippen LogP contribution in [0.25, 0.3) is 0 Å². The summed E-state index contributed by atoms with van der Waals surface area (Å²) in [5.41, 5.74) is -2.66. The van der Waals surface area contributed by atoms with Gasteiger partial charge in [0, 0.05) is 13.2 Å². The summed E-state index contributed by atoms with van der Waals surface area (Å²) in [4.78, 5) is 24.9. The molecule has 0 fully saturated rings. The average Bonchev–Trinajstić information content (AvgIpc) is 2.87. The van der Waals surface area contributed by atoms with Crippen molar-refractivity contribution in [2.24, 2.45) is 0 Å². The summed E-state index contributed by atoms with van der Waals surface area (Å²) in [6.07, 6.45) is 2.06. The van der Waals surface area contributed by atoms with Crippen molar-refractivity contribution in [2.75, 3.05) is 33.7 Å². The lowest BCUT2D eigenvalue weighted by molar-refractivity contribution is -0.139. The van der Waals surface area contributed by atoms with Crippen LogP contribution in [0.1, 0.15) is 84.3 Å². The number of alkyl carbamates (subject to hydrolysis) is 1. The Balaban J connectivity index is 3.25. The maximum atomic E-state index is 13.9. The minimum atomic E-state index is -4.62. The first-order valence-electron chi connectivity index (χ1n) is 14.0. The molecule has 0 saturated heterocycles. The number of aryl methyl sites for hydroxylation is 1. The number of benzene rings is 1. The fourth-order valence-electron chi connectivity index (χ4n) is 3.91. The lowest BCUT2D eigenvalue weighted by Gasteiger charge is -2.33. The van der Waals surface area contributed by atoms with Crippen molar-refractivity contribution < 1.29 is 46.4 Å². The van der Waals surface area contributed by atoms with Gasteiger partial charge < -0.3 is 29.0 Å². The summed E-state index contributed by atoms with van der Waals surface area (Å²) in [6.45, 7) is 8.89. The monoisotopic (exact) mass is 589 g/mol. The number of rotatable bonds is 18. The quantitative estimate of drug-likeness (QED) is 0.0854. The predicted octanol–water partition coefficient (Wildman–Crippen LogP) is 6.99. The Hall–Kier alpha value is -2.79. The first kappa shape index (κ1) is 36.2. The zero-order valence-electron chi connectivity index (χ0n) is 25.2. The smallest absolute Gasteiger partial charge is 0.419 e. The molecule has 0 saturated carbocycles. The molecule has 8 nitrogen and oxygen atoms in total. The van der Waals surface area contributed by atoms with Crippen LogP contribution in [-0.4, -0.2) is 56.9 Å². The van der Waals surface area contributed by atoms with E-state index in [1.807, 2.05) is 0 Å². The van der Waals surface area contributed by atoms with Gasteiger partial charge in [-0.15, -0.1) is 0 Å². The van der Waals surface area contributed by atoms with Gasteiger partial charge in [-0.2, -0.15) is 13.2 Å². The van der Waals surface area contributed by atoms with Gasteiger partial charge in [0.15, 0.2) is 0 Å². The molecule has 1 rings (SSSR count). The highest BCUT2D eigenvalue weighted by Crippen LogP contribution is 2.37. The van der Waals surface area contributed by atoms with Crippen LogP contribution in [0.4, 0.5) is 18.0 Å². The molecule has 0 heterocycles. The number of amides is 1. The molecule has 1 N–H and O–H groups in total. The number of unbranched alkanes of at least 4 members (excludes halogenated alkanes) is 4. The molecular formula is C30H46F3NO7. The third-order valence-corrected chi connectivity index (χ3v) is 5.85. The van der Waals surface area contributed by atoms with Crippen LogP contribution >= 0.6 is 0 Å². The summed E-state index contributed by atoms with van der Waals surface area (Å²) < 4.78 is 68.2. The predicted molar refractivity (Wildman–Crippen MR) is 150 cm³/mol. The molecule has 1 atom stereocenters. The Labute approximate surface area is 241 Å². The van der Waals surface area contributed by atoms with Crippen LogP contribution in [0.3, 0.4) is 0 Å². The van der Waals surface area contributed by atoms with Crippen LogP contribution in [0.2, 0.25) is 0 Å². The molecule has 0 bridgehead atoms. The lowest BCUT2D eigenvalue weighted by atomic mass is 9.90. The van der Waals surface area contributed by atoms with E-state index < -0.39 is 34.9 Å². The maximum Gasteiger partial charge on any atom is 0.419 e. The number of carbonyl (C=O) groups is 2. The fourth-order valence-corrected chi connectivity index (χ4v) is 3.91. The first-order chi connectivity index (χ1) is 19.2. The molecule has 1 aromatic carbocycles.